The lowest BCUT2D eigenvalue weighted by molar-refractivity contribution is 0.0921. The van der Waals surface area contributed by atoms with Gasteiger partial charge in [-0.05, 0) is 30.7 Å². The Balaban J connectivity index is 1.17. The maximum atomic E-state index is 12.5. The Bertz CT molecular complexity index is 1030. The molecule has 4 heterocycles. The molecule has 3 aromatic heterocycles. The quantitative estimate of drug-likeness (QED) is 0.589. The minimum absolute atomic E-state index is 0.0803. The molecule has 2 atom stereocenters. The monoisotopic (exact) mass is 415 g/mol. The zero-order valence-corrected chi connectivity index (χ0v) is 16.4. The van der Waals surface area contributed by atoms with Gasteiger partial charge in [-0.2, -0.15) is 16.9 Å². The first-order chi connectivity index (χ1) is 13.7. The molecule has 0 radical (unpaired) electrons. The summed E-state index contributed by atoms with van der Waals surface area (Å²) in [7, 11) is 0. The molecule has 28 heavy (non-hydrogen) atoms. The van der Waals surface area contributed by atoms with Crippen LogP contribution in [0.3, 0.4) is 0 Å². The average molecular weight is 416 g/mol. The van der Waals surface area contributed by atoms with Gasteiger partial charge in [0, 0.05) is 22.4 Å². The summed E-state index contributed by atoms with van der Waals surface area (Å²) in [5, 5.41) is 15.4. The van der Waals surface area contributed by atoms with Gasteiger partial charge in [-0.1, -0.05) is 0 Å². The van der Waals surface area contributed by atoms with Gasteiger partial charge in [0.1, 0.15) is 5.69 Å². The molecule has 0 aromatic carbocycles. The molecular formula is C18H17N5O3S2. The number of hydrogen-bond acceptors (Lipinski definition) is 7. The number of rotatable bonds is 5. The first-order valence-electron chi connectivity index (χ1n) is 8.94. The topological polar surface area (TPSA) is 113 Å². The second-order valence-electron chi connectivity index (χ2n) is 6.74. The second kappa shape index (κ2) is 7.10. The first kappa shape index (κ1) is 17.5. The lowest BCUT2D eigenvalue weighted by Gasteiger charge is -2.11. The predicted molar refractivity (Wildman–Crippen MR) is 105 cm³/mol. The molecule has 5 rings (SSSR count). The van der Waals surface area contributed by atoms with E-state index in [0.29, 0.717) is 28.6 Å². The Morgan fingerprint density at radius 1 is 1.25 bits per heavy atom. The third-order valence-corrected chi connectivity index (χ3v) is 6.65. The van der Waals surface area contributed by atoms with Crippen LogP contribution < -0.4 is 10.6 Å². The fourth-order valence-corrected chi connectivity index (χ4v) is 4.96. The van der Waals surface area contributed by atoms with Crippen LogP contribution in [-0.2, 0) is 12.2 Å². The van der Waals surface area contributed by atoms with E-state index in [4.69, 9.17) is 4.42 Å². The van der Waals surface area contributed by atoms with Crippen molar-refractivity contribution in [2.45, 2.75) is 30.7 Å². The van der Waals surface area contributed by atoms with Crippen LogP contribution in [0.4, 0.5) is 0 Å². The summed E-state index contributed by atoms with van der Waals surface area (Å²) in [4.78, 5) is 29.2. The number of aryl methyl sites for hydroxylation is 1. The van der Waals surface area contributed by atoms with Crippen LogP contribution in [0.1, 0.15) is 38.7 Å². The van der Waals surface area contributed by atoms with E-state index in [2.05, 4.69) is 25.8 Å². The van der Waals surface area contributed by atoms with E-state index in [-0.39, 0.29) is 23.9 Å². The largest absolute Gasteiger partial charge is 0.462 e. The Morgan fingerprint density at radius 2 is 2.11 bits per heavy atom. The molecule has 0 spiro atoms. The van der Waals surface area contributed by atoms with Gasteiger partial charge in [-0.25, -0.2) is 4.98 Å². The van der Waals surface area contributed by atoms with Crippen molar-refractivity contribution in [3.63, 3.8) is 0 Å². The van der Waals surface area contributed by atoms with Gasteiger partial charge in [-0.3, -0.25) is 14.7 Å². The van der Waals surface area contributed by atoms with Gasteiger partial charge < -0.3 is 15.1 Å². The molecule has 0 saturated heterocycles. The molecule has 144 valence electrons. The van der Waals surface area contributed by atoms with Crippen molar-refractivity contribution in [2.24, 2.45) is 0 Å². The van der Waals surface area contributed by atoms with Crippen molar-refractivity contribution >= 4 is 34.9 Å². The zero-order chi connectivity index (χ0) is 19.1. The highest BCUT2D eigenvalue weighted by atomic mass is 32.2. The minimum Gasteiger partial charge on any atom is -0.462 e. The van der Waals surface area contributed by atoms with Gasteiger partial charge >= 0.3 is 0 Å². The van der Waals surface area contributed by atoms with Crippen molar-refractivity contribution in [3.8, 4) is 10.8 Å². The standard InChI is InChI=1S/C18H17N5O3S2/c24-16(13-8-28-18(21-13)14-2-1-4-26-14)19-11-6-12(11)20-17(25)15-9-7-27-5-3-10(9)22-23-15/h1-2,4,8,11-12H,3,5-7H2,(H,19,24)(H,20,25)(H,22,23)/t11-,12-/m1/s1. The Morgan fingerprint density at radius 3 is 2.93 bits per heavy atom. The zero-order valence-electron chi connectivity index (χ0n) is 14.7. The fraction of sp³-hybridized carbons (Fsp3) is 0.333. The number of thioether (sulfide) groups is 1. The van der Waals surface area contributed by atoms with E-state index in [9.17, 15) is 9.59 Å². The number of carbonyl (C=O) groups excluding carboxylic acids is 2. The van der Waals surface area contributed by atoms with Crippen LogP contribution >= 0.6 is 23.1 Å². The van der Waals surface area contributed by atoms with Crippen LogP contribution in [0.2, 0.25) is 0 Å². The minimum atomic E-state index is -0.246. The number of amides is 2. The maximum Gasteiger partial charge on any atom is 0.272 e. The Kier molecular flexibility index (Phi) is 4.44. The molecule has 3 N–H and O–H groups in total. The number of hydrogen-bond donors (Lipinski definition) is 3. The van der Waals surface area contributed by atoms with Crippen LogP contribution in [0.5, 0.6) is 0 Å². The lowest BCUT2D eigenvalue weighted by Crippen LogP contribution is -2.35. The number of aromatic nitrogens is 3. The van der Waals surface area contributed by atoms with E-state index in [1.54, 1.807) is 35.5 Å². The number of aromatic amines is 1. The molecule has 0 unspecified atom stereocenters. The average Bonchev–Trinajstić information content (AvgIpc) is 3.20. The van der Waals surface area contributed by atoms with Gasteiger partial charge in [0.15, 0.2) is 16.5 Å². The summed E-state index contributed by atoms with van der Waals surface area (Å²) in [6.07, 6.45) is 3.19. The first-order valence-corrected chi connectivity index (χ1v) is 11.0. The number of furan rings is 1. The van der Waals surface area contributed by atoms with E-state index >= 15 is 0 Å². The summed E-state index contributed by atoms with van der Waals surface area (Å²) in [6.45, 7) is 0. The molecular weight excluding hydrogens is 398 g/mol. The normalized spacial score (nSPS) is 20.4. The van der Waals surface area contributed by atoms with E-state index in [1.807, 2.05) is 0 Å². The number of nitrogens with zero attached hydrogens (tertiary/aromatic N) is 2. The van der Waals surface area contributed by atoms with Crippen molar-refractivity contribution in [2.75, 3.05) is 5.75 Å². The molecule has 1 saturated carbocycles. The van der Waals surface area contributed by atoms with Crippen molar-refractivity contribution in [1.29, 1.82) is 0 Å². The fourth-order valence-electron chi connectivity index (χ4n) is 3.18. The summed E-state index contributed by atoms with van der Waals surface area (Å²) in [6, 6.07) is 3.42. The predicted octanol–water partition coefficient (Wildman–Crippen LogP) is 2.22. The van der Waals surface area contributed by atoms with Crippen LogP contribution in [0.25, 0.3) is 10.8 Å². The number of thiazole rings is 1. The van der Waals surface area contributed by atoms with Gasteiger partial charge in [0.25, 0.3) is 11.8 Å². The summed E-state index contributed by atoms with van der Waals surface area (Å²) < 4.78 is 5.30. The second-order valence-corrected chi connectivity index (χ2v) is 8.71. The summed E-state index contributed by atoms with van der Waals surface area (Å²) in [5.74, 6) is 2.06. The summed E-state index contributed by atoms with van der Waals surface area (Å²) in [5.41, 5.74) is 2.89. The smallest absolute Gasteiger partial charge is 0.272 e. The Labute approximate surface area is 168 Å². The Hall–Kier alpha value is -2.59. The molecule has 1 aliphatic carbocycles. The van der Waals surface area contributed by atoms with Crippen LogP contribution in [0, 0.1) is 0 Å². The van der Waals surface area contributed by atoms with Crippen LogP contribution in [0.15, 0.2) is 28.2 Å². The van der Waals surface area contributed by atoms with E-state index in [1.165, 1.54) is 11.3 Å². The third kappa shape index (κ3) is 3.33. The highest BCUT2D eigenvalue weighted by Crippen LogP contribution is 2.28. The van der Waals surface area contributed by atoms with Crippen molar-refractivity contribution in [3.05, 3.63) is 46.4 Å². The molecule has 2 amide bonds. The molecule has 3 aromatic rings. The highest BCUT2D eigenvalue weighted by Gasteiger charge is 2.41. The number of H-pyrrole nitrogens is 1. The molecule has 8 nitrogen and oxygen atoms in total. The van der Waals surface area contributed by atoms with Crippen molar-refractivity contribution in [1.82, 2.24) is 25.8 Å². The third-order valence-electron chi connectivity index (χ3n) is 4.80. The van der Waals surface area contributed by atoms with Crippen LogP contribution in [-0.4, -0.2) is 44.8 Å². The SMILES string of the molecule is O=C(N[C@@H]1C[C@H]1NC(=O)c1n[nH]c2c1CSCC2)c1csc(-c2ccco2)n1. The number of fused-ring (bicyclic) bond motifs is 1. The highest BCUT2D eigenvalue weighted by molar-refractivity contribution is 7.98. The maximum absolute atomic E-state index is 12.5. The van der Waals surface area contributed by atoms with Gasteiger partial charge in [-0.15, -0.1) is 11.3 Å². The van der Waals surface area contributed by atoms with E-state index in [0.717, 1.165) is 29.2 Å². The number of carbonyl (C=O) groups is 2. The van der Waals surface area contributed by atoms with Gasteiger partial charge in [0.2, 0.25) is 0 Å². The van der Waals surface area contributed by atoms with E-state index < -0.39 is 0 Å². The van der Waals surface area contributed by atoms with Crippen molar-refractivity contribution < 1.29 is 14.0 Å². The molecule has 2 aliphatic rings. The lowest BCUT2D eigenvalue weighted by atomic mass is 10.1. The van der Waals surface area contributed by atoms with Gasteiger partial charge in [0.05, 0.1) is 18.3 Å². The molecule has 1 aliphatic heterocycles. The molecule has 10 heteroatoms. The number of nitrogens with one attached hydrogen (secondary N) is 3. The molecule has 0 bridgehead atoms. The molecule has 1 fully saturated rings. The summed E-state index contributed by atoms with van der Waals surface area (Å²) >= 11 is 3.16.